The molecule has 0 aliphatic rings. The van der Waals surface area contributed by atoms with E-state index in [4.69, 9.17) is 58.3 Å². The van der Waals surface area contributed by atoms with Crippen LogP contribution in [0, 0.1) is 0 Å². The average molecular weight is 1560 g/mol. The van der Waals surface area contributed by atoms with Gasteiger partial charge in [-0.15, -0.1) is 0 Å². The minimum Gasteiger partial charge on any atom is -0.512 e. The molecule has 0 bridgehead atoms. The van der Waals surface area contributed by atoms with Gasteiger partial charge >= 0.3 is 47.0 Å². The van der Waals surface area contributed by atoms with E-state index in [1.54, 1.807) is 97.1 Å². The molecule has 4 aromatic rings. The van der Waals surface area contributed by atoms with Crippen molar-refractivity contribution < 1.29 is 134 Å². The quantitative estimate of drug-likeness (QED) is 0.00467. The molecule has 0 spiro atoms. The summed E-state index contributed by atoms with van der Waals surface area (Å²) in [6, 6.07) is 28.3. The van der Waals surface area contributed by atoms with Gasteiger partial charge in [-0.2, -0.15) is 0 Å². The van der Waals surface area contributed by atoms with E-state index in [1.165, 1.54) is 76.3 Å². The molecule has 0 unspecified atom stereocenters. The Morgan fingerprint density at radius 3 is 0.588 bits per heavy atom. The molecule has 0 fully saturated rings. The Morgan fingerprint density at radius 2 is 0.441 bits per heavy atom. The fourth-order valence-corrected chi connectivity index (χ4v) is 8.64. The van der Waals surface area contributed by atoms with Gasteiger partial charge in [0.05, 0.1) is 122 Å². The summed E-state index contributed by atoms with van der Waals surface area (Å²) in [5.74, 6) is 1.81. The topological polar surface area (TPSA) is 309 Å². The first-order valence-corrected chi connectivity index (χ1v) is 33.9. The fourth-order valence-electron chi connectivity index (χ4n) is 8.64. The van der Waals surface area contributed by atoms with Crippen molar-refractivity contribution in [2.45, 2.75) is 156 Å². The van der Waals surface area contributed by atoms with Crippen LogP contribution in [0.25, 0.3) is 0 Å². The van der Waals surface area contributed by atoms with Crippen LogP contribution < -0.4 is 18.9 Å². The smallest absolute Gasteiger partial charge is 0.350 e. The number of carbonyl (C=O) groups excluding carboxylic acids is 8. The van der Waals surface area contributed by atoms with Crippen LogP contribution in [0.4, 0.5) is 0 Å². The predicted molar refractivity (Wildman–Crippen MR) is 394 cm³/mol. The first-order chi connectivity index (χ1) is 48.1. The maximum atomic E-state index is 10.8. The van der Waals surface area contributed by atoms with Crippen LogP contribution in [-0.2, 0) is 75.6 Å². The van der Waals surface area contributed by atoms with Gasteiger partial charge in [-0.25, -0.2) is 19.2 Å². The number of benzene rings is 4. The van der Waals surface area contributed by atoms with Crippen molar-refractivity contribution in [1.82, 2.24) is 0 Å². The minimum atomic E-state index is -0.368. The van der Waals surface area contributed by atoms with Gasteiger partial charge in [0.25, 0.3) is 0 Å². The summed E-state index contributed by atoms with van der Waals surface area (Å²) >= 11 is 0. The third-order valence-electron chi connectivity index (χ3n) is 13.9. The van der Waals surface area contributed by atoms with Crippen LogP contribution in [0.2, 0.25) is 0 Å². The van der Waals surface area contributed by atoms with Gasteiger partial charge in [-0.3, -0.25) is 19.2 Å². The van der Waals surface area contributed by atoms with Crippen LogP contribution in [0.1, 0.15) is 178 Å². The second kappa shape index (κ2) is 61.8. The number of ether oxygens (including phenoxy) is 8. The number of aliphatic hydroxyl groups is 4. The van der Waals surface area contributed by atoms with Gasteiger partial charge in [-0.05, 0) is 176 Å². The normalized spacial score (nSPS) is 10.8. The molecule has 8 N–H and O–H groups in total. The van der Waals surface area contributed by atoms with Crippen LogP contribution in [0.5, 0.6) is 23.0 Å². The fraction of sp³-hybridized carbons (Fsp3) is 0.400. The Morgan fingerprint density at radius 1 is 0.294 bits per heavy atom. The molecule has 0 amide bonds. The van der Waals surface area contributed by atoms with Gasteiger partial charge in [0.15, 0.2) is 0 Å². The number of unbranched alkanes of at least 4 members (excludes halogenated alkanes) is 16. The molecule has 102 heavy (non-hydrogen) atoms. The second-order valence-electron chi connectivity index (χ2n) is 22.7. The summed E-state index contributed by atoms with van der Waals surface area (Å²) in [6.07, 6.45) is 29.8. The van der Waals surface area contributed by atoms with Gasteiger partial charge < -0.3 is 58.3 Å². The Balaban J connectivity index is 0. The number of aliphatic hydroxyl groups excluding tert-OH is 4. The summed E-state index contributed by atoms with van der Waals surface area (Å²) in [5.41, 5.74) is 2.49. The van der Waals surface area contributed by atoms with E-state index in [1.807, 2.05) is 0 Å². The summed E-state index contributed by atoms with van der Waals surface area (Å²) in [4.78, 5) is 82.4. The number of carbonyl (C=O) groups is 4. The molecule has 0 aliphatic carbocycles. The molecule has 0 aromatic heterocycles. The molecule has 4 aromatic carbocycles. The number of ketones is 4. The van der Waals surface area contributed by atoms with Gasteiger partial charge in [0.1, 0.15) is 23.0 Å². The summed E-state index contributed by atoms with van der Waals surface area (Å²) in [7, 11) is 0. The Bertz CT molecular complexity index is 2780. The third kappa shape index (κ3) is 52.0. The van der Waals surface area contributed by atoms with Crippen molar-refractivity contribution in [3.05, 3.63) is 217 Å². The van der Waals surface area contributed by atoms with Gasteiger partial charge in [-0.1, -0.05) is 103 Å². The minimum absolute atomic E-state index is 0. The Labute approximate surface area is 626 Å². The van der Waals surface area contributed by atoms with Crippen molar-refractivity contribution in [1.29, 1.82) is 0 Å². The van der Waals surface area contributed by atoms with E-state index in [-0.39, 0.29) is 108 Å². The molecular formula is C80H108CuO20Pd+4. The average Bonchev–Trinajstić information content (AvgIpc) is 0.915. The molecule has 4 rings (SSSR count). The van der Waals surface area contributed by atoms with Crippen LogP contribution in [0.3, 0.4) is 0 Å². The van der Waals surface area contributed by atoms with Crippen LogP contribution >= 0.6 is 0 Å². The molecular weight excluding hydrogens is 1450 g/mol. The van der Waals surface area contributed by atoms with E-state index in [2.05, 4.69) is 26.3 Å². The SMILES string of the molecule is C=CC(=O)OCCCCCCCOc1ccc(C(=[OH+])C=C(C)O)cc1.C=CC(=O)OCCCCCCCOc1ccc(C(=[OH+])C=C(C)O)cc1.C=CC(=O)OCCCCCCCOc1ccc(C(=[OH+])C=C(C)O)cc1.C=CC(=O)OCCCCCCCOc1ccc(C(=[OH+])C=C(C)O)cc1.[Cu].[Pd]. The second-order valence-corrected chi connectivity index (χ2v) is 22.7. The summed E-state index contributed by atoms with van der Waals surface area (Å²) in [6.45, 7) is 23.7. The van der Waals surface area contributed by atoms with E-state index in [9.17, 15) is 38.4 Å². The molecule has 0 saturated carbocycles. The number of esters is 4. The molecule has 0 atom stereocenters. The largest absolute Gasteiger partial charge is 0.512 e. The zero-order valence-corrected chi connectivity index (χ0v) is 62.1. The first kappa shape index (κ1) is 95.0. The van der Waals surface area contributed by atoms with Crippen LogP contribution in [0.15, 0.2) is 195 Å². The number of rotatable bonds is 48. The van der Waals surface area contributed by atoms with Crippen LogP contribution in [-0.4, -0.2) is 139 Å². The predicted octanol–water partition coefficient (Wildman–Crippen LogP) is 16.4. The zero-order chi connectivity index (χ0) is 74.0. The molecule has 0 saturated heterocycles. The monoisotopic (exact) mass is 1560 g/mol. The van der Waals surface area contributed by atoms with Crippen molar-refractivity contribution >= 4 is 47.0 Å². The van der Waals surface area contributed by atoms with E-state index in [0.29, 0.717) is 75.1 Å². The standard InChI is InChI=1S/4C20H26O5.Cu.Pd/c4*1-3-20(23)25-14-8-6-4-5-7-13-24-18-11-9-17(10-12-18)19(22)15-16(2)21;;/h4*3,9-12,15,21H,1,4-8,13-14H2,2H3;;/p+4. The molecule has 0 aliphatic heterocycles. The Hall–Kier alpha value is -9.06. The van der Waals surface area contributed by atoms with Gasteiger partial charge in [0.2, 0.25) is 0 Å². The number of hydrogen-bond acceptors (Lipinski definition) is 16. The maximum absolute atomic E-state index is 10.8. The summed E-state index contributed by atoms with van der Waals surface area (Å²) in [5, 5.41) is 36.6. The molecule has 0 heterocycles. The number of allylic oxidation sites excluding steroid dienone is 8. The van der Waals surface area contributed by atoms with E-state index < -0.39 is 0 Å². The summed E-state index contributed by atoms with van der Waals surface area (Å²) < 4.78 is 42.3. The molecule has 20 nitrogen and oxygen atoms in total. The van der Waals surface area contributed by atoms with Crippen molar-refractivity contribution in [3.63, 3.8) is 0 Å². The molecule has 565 valence electrons. The van der Waals surface area contributed by atoms with Gasteiger partial charge in [0, 0.05) is 61.8 Å². The molecule has 22 heteroatoms. The van der Waals surface area contributed by atoms with Crippen molar-refractivity contribution in [2.24, 2.45) is 0 Å². The molecule has 1 radical (unpaired) electrons. The first-order valence-electron chi connectivity index (χ1n) is 33.9. The van der Waals surface area contributed by atoms with E-state index in [0.717, 1.165) is 151 Å². The Kier molecular flexibility index (Phi) is 57.5. The van der Waals surface area contributed by atoms with Crippen molar-refractivity contribution in [2.75, 3.05) is 52.9 Å². The van der Waals surface area contributed by atoms with E-state index >= 15 is 0 Å². The zero-order valence-electron chi connectivity index (χ0n) is 59.6. The number of hydrogen-bond donors (Lipinski definition) is 4. The maximum Gasteiger partial charge on any atom is 0.350 e. The van der Waals surface area contributed by atoms with Crippen molar-refractivity contribution in [3.8, 4) is 23.0 Å². The third-order valence-corrected chi connectivity index (χ3v) is 13.9.